The molecule has 1 rings (SSSR count). The first-order valence-corrected chi connectivity index (χ1v) is 4.36. The molecule has 0 bridgehead atoms. The van der Waals surface area contributed by atoms with Crippen LogP contribution >= 0.6 is 0 Å². The third-order valence-electron chi connectivity index (χ3n) is 2.76. The molecular weight excluding hydrogens is 124 g/mol. The molecule has 1 aliphatic rings. The second-order valence-electron chi connectivity index (χ2n) is 3.85. The van der Waals surface area contributed by atoms with E-state index in [2.05, 4.69) is 6.92 Å². The third kappa shape index (κ3) is 1.98. The van der Waals surface area contributed by atoms with Gasteiger partial charge >= 0.3 is 0 Å². The number of hydrogen-bond acceptors (Lipinski definition) is 1. The molecule has 10 heavy (non-hydrogen) atoms. The maximum Gasteiger partial charge on any atom is 0.0620 e. The summed E-state index contributed by atoms with van der Waals surface area (Å²) >= 11 is 0. The molecule has 0 aromatic heterocycles. The van der Waals surface area contributed by atoms with Gasteiger partial charge in [0.05, 0.1) is 5.60 Å². The SMILES string of the molecule is CC[C@H]1CC[C@@](C)(O)CC1. The Morgan fingerprint density at radius 1 is 1.40 bits per heavy atom. The van der Waals surface area contributed by atoms with Crippen LogP contribution in [-0.2, 0) is 0 Å². The summed E-state index contributed by atoms with van der Waals surface area (Å²) in [6, 6.07) is 0. The lowest BCUT2D eigenvalue weighted by Crippen LogP contribution is -2.30. The highest BCUT2D eigenvalue weighted by molar-refractivity contribution is 4.80. The number of rotatable bonds is 1. The molecule has 0 radical (unpaired) electrons. The number of hydrogen-bond donors (Lipinski definition) is 1. The van der Waals surface area contributed by atoms with Crippen LogP contribution in [0.3, 0.4) is 0 Å². The monoisotopic (exact) mass is 142 g/mol. The Hall–Kier alpha value is -0.0400. The maximum absolute atomic E-state index is 9.59. The van der Waals surface area contributed by atoms with Crippen molar-refractivity contribution >= 4 is 0 Å². The molecule has 0 aromatic carbocycles. The summed E-state index contributed by atoms with van der Waals surface area (Å²) in [5.74, 6) is 0.889. The van der Waals surface area contributed by atoms with Crippen molar-refractivity contribution in [3.63, 3.8) is 0 Å². The summed E-state index contributed by atoms with van der Waals surface area (Å²) in [5.41, 5.74) is -0.342. The van der Waals surface area contributed by atoms with Crippen molar-refractivity contribution in [1.29, 1.82) is 0 Å². The molecule has 0 spiro atoms. The van der Waals surface area contributed by atoms with E-state index in [1.54, 1.807) is 0 Å². The molecule has 0 unspecified atom stereocenters. The average Bonchev–Trinajstić information content (AvgIpc) is 1.88. The quantitative estimate of drug-likeness (QED) is 0.595. The fraction of sp³-hybridized carbons (Fsp3) is 1.00. The fourth-order valence-electron chi connectivity index (χ4n) is 1.71. The van der Waals surface area contributed by atoms with E-state index in [1.165, 1.54) is 19.3 Å². The summed E-state index contributed by atoms with van der Waals surface area (Å²) in [6.07, 6.45) is 5.75. The molecular formula is C9H18O. The van der Waals surface area contributed by atoms with Gasteiger partial charge in [0.25, 0.3) is 0 Å². The van der Waals surface area contributed by atoms with Crippen LogP contribution in [0.1, 0.15) is 46.0 Å². The van der Waals surface area contributed by atoms with Crippen LogP contribution in [-0.4, -0.2) is 10.7 Å². The zero-order valence-electron chi connectivity index (χ0n) is 7.06. The average molecular weight is 142 g/mol. The first kappa shape index (κ1) is 8.06. The minimum Gasteiger partial charge on any atom is -0.390 e. The Morgan fingerprint density at radius 2 is 1.90 bits per heavy atom. The van der Waals surface area contributed by atoms with Crippen LogP contribution in [0.25, 0.3) is 0 Å². The second-order valence-corrected chi connectivity index (χ2v) is 3.85. The highest BCUT2D eigenvalue weighted by Crippen LogP contribution is 2.32. The Balaban J connectivity index is 2.31. The van der Waals surface area contributed by atoms with Crippen molar-refractivity contribution in [3.8, 4) is 0 Å². The second kappa shape index (κ2) is 2.91. The summed E-state index contributed by atoms with van der Waals surface area (Å²) in [5, 5.41) is 9.59. The summed E-state index contributed by atoms with van der Waals surface area (Å²) in [7, 11) is 0. The molecule has 0 aromatic rings. The van der Waals surface area contributed by atoms with Gasteiger partial charge in [0.2, 0.25) is 0 Å². The zero-order chi connectivity index (χ0) is 7.61. The van der Waals surface area contributed by atoms with Crippen LogP contribution in [0.2, 0.25) is 0 Å². The van der Waals surface area contributed by atoms with Gasteiger partial charge in [-0.2, -0.15) is 0 Å². The van der Waals surface area contributed by atoms with Crippen LogP contribution in [0.15, 0.2) is 0 Å². The van der Waals surface area contributed by atoms with Gasteiger partial charge in [0.15, 0.2) is 0 Å². The molecule has 60 valence electrons. The molecule has 1 saturated carbocycles. The lowest BCUT2D eigenvalue weighted by molar-refractivity contribution is 0.00763. The highest BCUT2D eigenvalue weighted by atomic mass is 16.3. The van der Waals surface area contributed by atoms with Gasteiger partial charge in [-0.05, 0) is 38.5 Å². The van der Waals surface area contributed by atoms with E-state index in [0.29, 0.717) is 0 Å². The summed E-state index contributed by atoms with van der Waals surface area (Å²) in [6.45, 7) is 4.20. The Labute approximate surface area is 63.4 Å². The lowest BCUT2D eigenvalue weighted by atomic mass is 9.79. The normalized spacial score (nSPS) is 41.7. The third-order valence-corrected chi connectivity index (χ3v) is 2.76. The van der Waals surface area contributed by atoms with Crippen molar-refractivity contribution < 1.29 is 5.11 Å². The van der Waals surface area contributed by atoms with Crippen molar-refractivity contribution in [2.24, 2.45) is 5.92 Å². The van der Waals surface area contributed by atoms with Crippen LogP contribution in [0, 0.1) is 5.92 Å². The molecule has 0 atom stereocenters. The van der Waals surface area contributed by atoms with E-state index < -0.39 is 0 Å². The van der Waals surface area contributed by atoms with Crippen molar-refractivity contribution in [1.82, 2.24) is 0 Å². The van der Waals surface area contributed by atoms with Gasteiger partial charge in [-0.15, -0.1) is 0 Å². The number of aliphatic hydroxyl groups is 1. The van der Waals surface area contributed by atoms with E-state index in [-0.39, 0.29) is 5.60 Å². The Morgan fingerprint density at radius 3 is 2.30 bits per heavy atom. The first-order chi connectivity index (χ1) is 4.64. The van der Waals surface area contributed by atoms with Gasteiger partial charge in [-0.1, -0.05) is 13.3 Å². The van der Waals surface area contributed by atoms with E-state index in [9.17, 15) is 5.11 Å². The lowest BCUT2D eigenvalue weighted by Gasteiger charge is -2.32. The Kier molecular flexibility index (Phi) is 2.35. The van der Waals surface area contributed by atoms with Gasteiger partial charge in [0.1, 0.15) is 0 Å². The van der Waals surface area contributed by atoms with Crippen LogP contribution in [0.5, 0.6) is 0 Å². The predicted octanol–water partition coefficient (Wildman–Crippen LogP) is 2.34. The van der Waals surface area contributed by atoms with Gasteiger partial charge in [0, 0.05) is 0 Å². The molecule has 1 fully saturated rings. The molecule has 0 heterocycles. The largest absolute Gasteiger partial charge is 0.390 e. The van der Waals surface area contributed by atoms with E-state index in [4.69, 9.17) is 0 Å². The van der Waals surface area contributed by atoms with Crippen molar-refractivity contribution in [2.75, 3.05) is 0 Å². The van der Waals surface area contributed by atoms with E-state index >= 15 is 0 Å². The van der Waals surface area contributed by atoms with E-state index in [1.807, 2.05) is 6.92 Å². The first-order valence-electron chi connectivity index (χ1n) is 4.36. The summed E-state index contributed by atoms with van der Waals surface area (Å²) in [4.78, 5) is 0. The molecule has 0 aliphatic heterocycles. The maximum atomic E-state index is 9.59. The molecule has 1 nitrogen and oxygen atoms in total. The van der Waals surface area contributed by atoms with Crippen LogP contribution < -0.4 is 0 Å². The molecule has 0 saturated heterocycles. The van der Waals surface area contributed by atoms with Gasteiger partial charge in [-0.3, -0.25) is 0 Å². The zero-order valence-corrected chi connectivity index (χ0v) is 7.06. The smallest absolute Gasteiger partial charge is 0.0620 e. The molecule has 1 heteroatoms. The van der Waals surface area contributed by atoms with Gasteiger partial charge in [-0.25, -0.2) is 0 Å². The Bertz CT molecular complexity index is 97.3. The molecule has 1 N–H and O–H groups in total. The fourth-order valence-corrected chi connectivity index (χ4v) is 1.71. The van der Waals surface area contributed by atoms with E-state index in [0.717, 1.165) is 18.8 Å². The highest BCUT2D eigenvalue weighted by Gasteiger charge is 2.27. The standard InChI is InChI=1S/C9H18O/c1-3-8-4-6-9(2,10)7-5-8/h8,10H,3-7H2,1-2H3/t8-,9+. The minimum atomic E-state index is -0.342. The van der Waals surface area contributed by atoms with Crippen LogP contribution in [0.4, 0.5) is 0 Å². The molecule has 0 amide bonds. The van der Waals surface area contributed by atoms with Crippen molar-refractivity contribution in [2.45, 2.75) is 51.6 Å². The molecule has 1 aliphatic carbocycles. The summed E-state index contributed by atoms with van der Waals surface area (Å²) < 4.78 is 0. The topological polar surface area (TPSA) is 20.2 Å². The van der Waals surface area contributed by atoms with Gasteiger partial charge < -0.3 is 5.11 Å². The predicted molar refractivity (Wildman–Crippen MR) is 42.9 cm³/mol. The van der Waals surface area contributed by atoms with Crippen molar-refractivity contribution in [3.05, 3.63) is 0 Å². The minimum absolute atomic E-state index is 0.342.